The van der Waals surface area contributed by atoms with E-state index in [0.717, 1.165) is 5.56 Å². The number of fused-ring (bicyclic) bond motifs is 1. The number of imide groups is 1. The van der Waals surface area contributed by atoms with Crippen LogP contribution in [-0.2, 0) is 6.61 Å². The number of ether oxygens (including phenoxy) is 1. The first kappa shape index (κ1) is 18.4. The van der Waals surface area contributed by atoms with E-state index < -0.39 is 11.8 Å². The molecule has 0 atom stereocenters. The highest BCUT2D eigenvalue weighted by molar-refractivity contribution is 6.22. The van der Waals surface area contributed by atoms with Gasteiger partial charge in [0.25, 0.3) is 17.7 Å². The Morgan fingerprint density at radius 3 is 2.48 bits per heavy atom. The zero-order chi connectivity index (χ0) is 20.4. The van der Waals surface area contributed by atoms with Crippen LogP contribution in [0.2, 0.25) is 0 Å². The van der Waals surface area contributed by atoms with Crippen molar-refractivity contribution in [2.24, 2.45) is 0 Å². The van der Waals surface area contributed by atoms with Crippen molar-refractivity contribution in [3.05, 3.63) is 94.5 Å². The fourth-order valence-electron chi connectivity index (χ4n) is 3.03. The van der Waals surface area contributed by atoms with E-state index >= 15 is 0 Å². The molecule has 29 heavy (non-hydrogen) atoms. The molecule has 0 aliphatic carbocycles. The minimum atomic E-state index is -0.494. The Morgan fingerprint density at radius 1 is 0.931 bits per heavy atom. The van der Waals surface area contributed by atoms with Crippen LogP contribution in [0.1, 0.15) is 42.2 Å². The maximum absolute atomic E-state index is 12.6. The van der Waals surface area contributed by atoms with Gasteiger partial charge in [0.15, 0.2) is 0 Å². The molecule has 6 nitrogen and oxygen atoms in total. The van der Waals surface area contributed by atoms with E-state index in [1.165, 1.54) is 23.8 Å². The quantitative estimate of drug-likeness (QED) is 0.655. The third-order valence-electron chi connectivity index (χ3n) is 4.62. The van der Waals surface area contributed by atoms with Gasteiger partial charge in [0.05, 0.1) is 11.1 Å². The highest BCUT2D eigenvalue weighted by Crippen LogP contribution is 2.21. The topological polar surface area (TPSA) is 84.5 Å². The first-order valence-electron chi connectivity index (χ1n) is 9.09. The lowest BCUT2D eigenvalue weighted by Crippen LogP contribution is -2.19. The number of hydrogen-bond acceptors (Lipinski definition) is 4. The molecule has 0 saturated heterocycles. The number of amides is 3. The molecule has 0 fully saturated rings. The molecule has 0 unspecified atom stereocenters. The van der Waals surface area contributed by atoms with Gasteiger partial charge >= 0.3 is 0 Å². The normalized spacial score (nSPS) is 12.3. The SMILES string of the molecule is Cc1ccc(COc2cccc(NC(=O)c3ccc4c(c3)C(=O)NC4=O)c2)cc1. The molecule has 144 valence electrons. The standard InChI is InChI=1S/C23H18N2O4/c1-14-5-7-15(8-6-14)13-29-18-4-2-3-17(12-18)24-21(26)16-9-10-19-20(11-16)23(28)25-22(19)27/h2-12H,13H2,1H3,(H,24,26)(H,25,27,28). The van der Waals surface area contributed by atoms with Gasteiger partial charge in [0.2, 0.25) is 0 Å². The molecule has 0 saturated carbocycles. The largest absolute Gasteiger partial charge is 0.489 e. The Bertz CT molecular complexity index is 1120. The molecule has 3 aromatic rings. The van der Waals surface area contributed by atoms with Crippen molar-refractivity contribution in [3.8, 4) is 5.75 Å². The van der Waals surface area contributed by atoms with Crippen molar-refractivity contribution >= 4 is 23.4 Å². The minimum absolute atomic E-state index is 0.206. The molecule has 1 aliphatic rings. The van der Waals surface area contributed by atoms with Crippen molar-refractivity contribution in [2.45, 2.75) is 13.5 Å². The monoisotopic (exact) mass is 386 g/mol. The molecule has 3 amide bonds. The van der Waals surface area contributed by atoms with Crippen molar-refractivity contribution in [1.29, 1.82) is 0 Å². The van der Waals surface area contributed by atoms with Crippen LogP contribution in [0.25, 0.3) is 0 Å². The van der Waals surface area contributed by atoms with E-state index in [-0.39, 0.29) is 17.0 Å². The fourth-order valence-corrected chi connectivity index (χ4v) is 3.03. The Hall–Kier alpha value is -3.93. The van der Waals surface area contributed by atoms with Crippen LogP contribution in [0.4, 0.5) is 5.69 Å². The van der Waals surface area contributed by atoms with E-state index in [0.29, 0.717) is 23.6 Å². The molecule has 2 N–H and O–H groups in total. The van der Waals surface area contributed by atoms with Crippen LogP contribution < -0.4 is 15.4 Å². The second-order valence-electron chi connectivity index (χ2n) is 6.80. The third-order valence-corrected chi connectivity index (χ3v) is 4.62. The predicted octanol–water partition coefficient (Wildman–Crippen LogP) is 3.71. The third kappa shape index (κ3) is 4.01. The first-order valence-corrected chi connectivity index (χ1v) is 9.09. The molecule has 0 bridgehead atoms. The number of benzene rings is 3. The summed E-state index contributed by atoms with van der Waals surface area (Å²) in [5.74, 6) is -0.695. The summed E-state index contributed by atoms with van der Waals surface area (Å²) in [5, 5.41) is 5.00. The van der Waals surface area contributed by atoms with Gasteiger partial charge in [-0.1, -0.05) is 35.9 Å². The van der Waals surface area contributed by atoms with Gasteiger partial charge in [0.1, 0.15) is 12.4 Å². The molecule has 3 aromatic carbocycles. The Morgan fingerprint density at radius 2 is 1.69 bits per heavy atom. The van der Waals surface area contributed by atoms with Gasteiger partial charge in [-0.25, -0.2) is 0 Å². The van der Waals surface area contributed by atoms with Crippen LogP contribution in [0.3, 0.4) is 0 Å². The zero-order valence-electron chi connectivity index (χ0n) is 15.7. The molecule has 1 aliphatic heterocycles. The van der Waals surface area contributed by atoms with Crippen molar-refractivity contribution < 1.29 is 19.1 Å². The summed E-state index contributed by atoms with van der Waals surface area (Å²) < 4.78 is 5.80. The Balaban J connectivity index is 1.44. The van der Waals surface area contributed by atoms with Crippen molar-refractivity contribution in [1.82, 2.24) is 5.32 Å². The van der Waals surface area contributed by atoms with Crippen LogP contribution >= 0.6 is 0 Å². The first-order chi connectivity index (χ1) is 14.0. The van der Waals surface area contributed by atoms with E-state index in [1.54, 1.807) is 18.2 Å². The van der Waals surface area contributed by atoms with E-state index in [9.17, 15) is 14.4 Å². The maximum atomic E-state index is 12.6. The van der Waals surface area contributed by atoms with E-state index in [1.807, 2.05) is 37.3 Å². The van der Waals surface area contributed by atoms with Crippen LogP contribution in [0.15, 0.2) is 66.7 Å². The van der Waals surface area contributed by atoms with Crippen molar-refractivity contribution in [2.75, 3.05) is 5.32 Å². The molecule has 0 radical (unpaired) electrons. The molecular formula is C23H18N2O4. The van der Waals surface area contributed by atoms with Gasteiger partial charge in [-0.2, -0.15) is 0 Å². The van der Waals surface area contributed by atoms with Gasteiger partial charge in [-0.15, -0.1) is 0 Å². The summed E-state index contributed by atoms with van der Waals surface area (Å²) in [6.45, 7) is 2.45. The van der Waals surface area contributed by atoms with Crippen LogP contribution in [-0.4, -0.2) is 17.7 Å². The number of anilines is 1. The summed E-state index contributed by atoms with van der Waals surface area (Å²) in [6, 6.07) is 19.6. The minimum Gasteiger partial charge on any atom is -0.489 e. The number of rotatable bonds is 5. The lowest BCUT2D eigenvalue weighted by molar-refractivity contribution is 0.0879. The maximum Gasteiger partial charge on any atom is 0.258 e. The number of aryl methyl sites for hydroxylation is 1. The summed E-state index contributed by atoms with van der Waals surface area (Å²) in [7, 11) is 0. The highest BCUT2D eigenvalue weighted by atomic mass is 16.5. The fraction of sp³-hybridized carbons (Fsp3) is 0.0870. The number of nitrogens with one attached hydrogen (secondary N) is 2. The molecule has 4 rings (SSSR count). The lowest BCUT2D eigenvalue weighted by atomic mass is 10.1. The molecule has 0 spiro atoms. The van der Waals surface area contributed by atoms with Crippen molar-refractivity contribution in [3.63, 3.8) is 0 Å². The van der Waals surface area contributed by atoms with Gasteiger partial charge in [0, 0.05) is 17.3 Å². The summed E-state index contributed by atoms with van der Waals surface area (Å²) in [6.07, 6.45) is 0. The van der Waals surface area contributed by atoms with Gasteiger partial charge < -0.3 is 10.1 Å². The van der Waals surface area contributed by atoms with E-state index in [2.05, 4.69) is 10.6 Å². The molecule has 0 aromatic heterocycles. The van der Waals surface area contributed by atoms with E-state index in [4.69, 9.17) is 4.74 Å². The predicted molar refractivity (Wildman–Crippen MR) is 108 cm³/mol. The number of hydrogen-bond donors (Lipinski definition) is 2. The van der Waals surface area contributed by atoms with Gasteiger partial charge in [-0.3, -0.25) is 19.7 Å². The van der Waals surface area contributed by atoms with Crippen LogP contribution in [0.5, 0.6) is 5.75 Å². The smallest absolute Gasteiger partial charge is 0.258 e. The zero-order valence-corrected chi connectivity index (χ0v) is 15.7. The molecule has 6 heteroatoms. The van der Waals surface area contributed by atoms with Crippen LogP contribution in [0, 0.1) is 6.92 Å². The second kappa shape index (κ2) is 7.59. The average Bonchev–Trinajstić information content (AvgIpc) is 3.01. The molecular weight excluding hydrogens is 368 g/mol. The summed E-state index contributed by atoms with van der Waals surface area (Å²) in [5.41, 5.74) is 3.58. The van der Waals surface area contributed by atoms with Gasteiger partial charge in [-0.05, 0) is 42.8 Å². The lowest BCUT2D eigenvalue weighted by Gasteiger charge is -2.10. The summed E-state index contributed by atoms with van der Waals surface area (Å²) in [4.78, 5) is 36.0. The Labute approximate surface area is 167 Å². The molecule has 1 heterocycles. The Kier molecular flexibility index (Phi) is 4.83. The number of carbonyl (C=O) groups excluding carboxylic acids is 3. The number of carbonyl (C=O) groups is 3. The second-order valence-corrected chi connectivity index (χ2v) is 6.80. The average molecular weight is 386 g/mol. The summed E-state index contributed by atoms with van der Waals surface area (Å²) >= 11 is 0. The highest BCUT2D eigenvalue weighted by Gasteiger charge is 2.27.